The van der Waals surface area contributed by atoms with E-state index in [-0.39, 0.29) is 0 Å². The number of aliphatic imine (C=N–C) groups is 1. The van der Waals surface area contributed by atoms with Gasteiger partial charge in [-0.3, -0.25) is 4.99 Å². The Balaban J connectivity index is 1.54. The Bertz CT molecular complexity index is 757. The number of rotatable bonds is 7. The second-order valence-corrected chi connectivity index (χ2v) is 6.62. The SMILES string of the molecule is CN=C(NCc1cccc(OC)c1)NCc1cccnc1OC1CCCC1. The summed E-state index contributed by atoms with van der Waals surface area (Å²) in [5.74, 6) is 2.30. The van der Waals surface area contributed by atoms with Gasteiger partial charge < -0.3 is 20.1 Å². The molecule has 0 amide bonds. The summed E-state index contributed by atoms with van der Waals surface area (Å²) in [5, 5.41) is 6.66. The first-order valence-electron chi connectivity index (χ1n) is 9.46. The van der Waals surface area contributed by atoms with Gasteiger partial charge in [-0.2, -0.15) is 0 Å². The minimum atomic E-state index is 0.296. The van der Waals surface area contributed by atoms with E-state index in [9.17, 15) is 0 Å². The second-order valence-electron chi connectivity index (χ2n) is 6.62. The van der Waals surface area contributed by atoms with Gasteiger partial charge in [0.15, 0.2) is 5.96 Å². The molecular weight excluding hydrogens is 340 g/mol. The lowest BCUT2D eigenvalue weighted by molar-refractivity contribution is 0.199. The van der Waals surface area contributed by atoms with E-state index in [4.69, 9.17) is 9.47 Å². The second kappa shape index (κ2) is 9.80. The highest BCUT2D eigenvalue weighted by molar-refractivity contribution is 5.79. The standard InChI is InChI=1S/C21H28N4O2/c1-22-21(24-14-16-7-5-11-19(13-16)26-2)25-15-17-8-6-12-23-20(17)27-18-9-3-4-10-18/h5-8,11-13,18H,3-4,9-10,14-15H2,1-2H3,(H2,22,24,25). The summed E-state index contributed by atoms with van der Waals surface area (Å²) in [6.45, 7) is 1.27. The molecule has 0 bridgehead atoms. The number of benzene rings is 1. The van der Waals surface area contributed by atoms with Crippen LogP contribution in [0.4, 0.5) is 0 Å². The van der Waals surface area contributed by atoms with Crippen molar-refractivity contribution in [1.29, 1.82) is 0 Å². The molecule has 6 nitrogen and oxygen atoms in total. The first kappa shape index (κ1) is 19.0. The molecule has 2 aromatic rings. The number of nitrogens with one attached hydrogen (secondary N) is 2. The Hall–Kier alpha value is -2.76. The van der Waals surface area contributed by atoms with Crippen molar-refractivity contribution in [2.75, 3.05) is 14.2 Å². The van der Waals surface area contributed by atoms with E-state index in [1.807, 2.05) is 30.3 Å². The molecule has 1 saturated carbocycles. The van der Waals surface area contributed by atoms with Crippen molar-refractivity contribution in [2.24, 2.45) is 4.99 Å². The zero-order valence-corrected chi connectivity index (χ0v) is 16.1. The lowest BCUT2D eigenvalue weighted by Crippen LogP contribution is -2.36. The summed E-state index contributed by atoms with van der Waals surface area (Å²) in [4.78, 5) is 8.72. The maximum atomic E-state index is 6.10. The number of hydrogen-bond donors (Lipinski definition) is 2. The fourth-order valence-electron chi connectivity index (χ4n) is 3.20. The zero-order chi connectivity index (χ0) is 18.9. The normalized spacial score (nSPS) is 14.8. The van der Waals surface area contributed by atoms with Crippen molar-refractivity contribution in [3.8, 4) is 11.6 Å². The molecule has 1 aliphatic rings. The zero-order valence-electron chi connectivity index (χ0n) is 16.1. The molecular formula is C21H28N4O2. The number of ether oxygens (including phenoxy) is 2. The fourth-order valence-corrected chi connectivity index (χ4v) is 3.20. The highest BCUT2D eigenvalue weighted by atomic mass is 16.5. The summed E-state index contributed by atoms with van der Waals surface area (Å²) in [5.41, 5.74) is 2.16. The molecule has 0 spiro atoms. The molecule has 0 atom stereocenters. The summed E-state index contributed by atoms with van der Waals surface area (Å²) in [6, 6.07) is 12.0. The largest absolute Gasteiger partial charge is 0.497 e. The first-order chi connectivity index (χ1) is 13.3. The Kier molecular flexibility index (Phi) is 6.90. The number of aromatic nitrogens is 1. The van der Waals surface area contributed by atoms with E-state index in [1.54, 1.807) is 20.4 Å². The number of guanidine groups is 1. The lowest BCUT2D eigenvalue weighted by atomic mass is 10.2. The van der Waals surface area contributed by atoms with Gasteiger partial charge in [-0.1, -0.05) is 18.2 Å². The van der Waals surface area contributed by atoms with Gasteiger partial charge in [-0.15, -0.1) is 0 Å². The predicted octanol–water partition coefficient (Wildman–Crippen LogP) is 3.28. The first-order valence-corrected chi connectivity index (χ1v) is 9.46. The maximum absolute atomic E-state index is 6.10. The van der Waals surface area contributed by atoms with Crippen molar-refractivity contribution in [2.45, 2.75) is 44.9 Å². The van der Waals surface area contributed by atoms with Gasteiger partial charge in [-0.25, -0.2) is 4.98 Å². The topological polar surface area (TPSA) is 67.8 Å². The van der Waals surface area contributed by atoms with Gasteiger partial charge in [0.05, 0.1) is 7.11 Å². The monoisotopic (exact) mass is 368 g/mol. The molecule has 27 heavy (non-hydrogen) atoms. The average Bonchev–Trinajstić information content (AvgIpc) is 3.22. The minimum Gasteiger partial charge on any atom is -0.497 e. The molecule has 0 saturated heterocycles. The Morgan fingerprint density at radius 2 is 1.96 bits per heavy atom. The van der Waals surface area contributed by atoms with Crippen LogP contribution in [0.15, 0.2) is 47.6 Å². The van der Waals surface area contributed by atoms with E-state index >= 15 is 0 Å². The number of pyridine rings is 1. The van der Waals surface area contributed by atoms with E-state index in [0.29, 0.717) is 19.2 Å². The fraction of sp³-hybridized carbons (Fsp3) is 0.429. The highest BCUT2D eigenvalue weighted by Crippen LogP contribution is 2.24. The average molecular weight is 368 g/mol. The van der Waals surface area contributed by atoms with Gasteiger partial charge in [0.25, 0.3) is 0 Å². The molecule has 144 valence electrons. The van der Waals surface area contributed by atoms with Crippen molar-refractivity contribution >= 4 is 5.96 Å². The predicted molar refractivity (Wildman–Crippen MR) is 107 cm³/mol. The molecule has 3 rings (SSSR count). The van der Waals surface area contributed by atoms with Crippen molar-refractivity contribution in [3.05, 3.63) is 53.7 Å². The lowest BCUT2D eigenvalue weighted by Gasteiger charge is -2.17. The van der Waals surface area contributed by atoms with Crippen LogP contribution in [0.5, 0.6) is 11.6 Å². The molecule has 0 aliphatic heterocycles. The van der Waals surface area contributed by atoms with E-state index in [2.05, 4.69) is 26.7 Å². The quantitative estimate of drug-likeness (QED) is 0.580. The van der Waals surface area contributed by atoms with Crippen LogP contribution in [-0.4, -0.2) is 31.2 Å². The minimum absolute atomic E-state index is 0.296. The molecule has 1 aliphatic carbocycles. The van der Waals surface area contributed by atoms with Crippen LogP contribution in [0.3, 0.4) is 0 Å². The molecule has 0 radical (unpaired) electrons. The van der Waals surface area contributed by atoms with Gasteiger partial charge in [0.2, 0.25) is 5.88 Å². The van der Waals surface area contributed by atoms with Crippen LogP contribution < -0.4 is 20.1 Å². The summed E-state index contributed by atoms with van der Waals surface area (Å²) in [7, 11) is 3.44. The van der Waals surface area contributed by atoms with Crippen molar-refractivity contribution < 1.29 is 9.47 Å². The summed E-state index contributed by atoms with van der Waals surface area (Å²) < 4.78 is 11.4. The third-order valence-electron chi connectivity index (χ3n) is 4.69. The maximum Gasteiger partial charge on any atom is 0.218 e. The van der Waals surface area contributed by atoms with Crippen LogP contribution in [0.25, 0.3) is 0 Å². The van der Waals surface area contributed by atoms with Crippen LogP contribution in [0, 0.1) is 0 Å². The molecule has 1 aromatic heterocycles. The van der Waals surface area contributed by atoms with E-state index < -0.39 is 0 Å². The molecule has 6 heteroatoms. The van der Waals surface area contributed by atoms with Crippen LogP contribution in [0.2, 0.25) is 0 Å². The van der Waals surface area contributed by atoms with Crippen LogP contribution in [-0.2, 0) is 13.1 Å². The van der Waals surface area contributed by atoms with Crippen molar-refractivity contribution in [3.63, 3.8) is 0 Å². The van der Waals surface area contributed by atoms with Crippen LogP contribution >= 0.6 is 0 Å². The van der Waals surface area contributed by atoms with Crippen LogP contribution in [0.1, 0.15) is 36.8 Å². The number of nitrogens with zero attached hydrogens (tertiary/aromatic N) is 2. The summed E-state index contributed by atoms with van der Waals surface area (Å²) >= 11 is 0. The molecule has 1 fully saturated rings. The third-order valence-corrected chi connectivity index (χ3v) is 4.69. The Labute approximate surface area is 161 Å². The summed E-state index contributed by atoms with van der Waals surface area (Å²) in [6.07, 6.45) is 6.80. The molecule has 2 N–H and O–H groups in total. The van der Waals surface area contributed by atoms with Gasteiger partial charge in [-0.05, 0) is 49.4 Å². The molecule has 0 unspecified atom stereocenters. The molecule has 1 aromatic carbocycles. The van der Waals surface area contributed by atoms with E-state index in [0.717, 1.165) is 41.6 Å². The number of methoxy groups -OCH3 is 1. The molecule has 1 heterocycles. The van der Waals surface area contributed by atoms with E-state index in [1.165, 1.54) is 12.8 Å². The van der Waals surface area contributed by atoms with Gasteiger partial charge in [0, 0.05) is 31.9 Å². The Morgan fingerprint density at radius 3 is 2.74 bits per heavy atom. The number of hydrogen-bond acceptors (Lipinski definition) is 4. The highest BCUT2D eigenvalue weighted by Gasteiger charge is 2.18. The van der Waals surface area contributed by atoms with Gasteiger partial charge in [0.1, 0.15) is 11.9 Å². The smallest absolute Gasteiger partial charge is 0.218 e. The van der Waals surface area contributed by atoms with Crippen molar-refractivity contribution in [1.82, 2.24) is 15.6 Å². The Morgan fingerprint density at radius 1 is 1.15 bits per heavy atom. The van der Waals surface area contributed by atoms with Gasteiger partial charge >= 0.3 is 0 Å². The third kappa shape index (κ3) is 5.61.